The molecule has 0 bridgehead atoms. The summed E-state index contributed by atoms with van der Waals surface area (Å²) in [7, 11) is 0. The number of phenolic OH excluding ortho intramolecular Hbond substituents is 1. The van der Waals surface area contributed by atoms with Crippen LogP contribution in [0.4, 0.5) is 5.69 Å². The monoisotopic (exact) mass is 328 g/mol. The predicted octanol–water partition coefficient (Wildman–Crippen LogP) is 1.72. The van der Waals surface area contributed by atoms with Crippen molar-refractivity contribution >= 4 is 27.5 Å². The van der Waals surface area contributed by atoms with Gasteiger partial charge >= 0.3 is 0 Å². The fraction of sp³-hybridized carbons (Fsp3) is 0.462. The standard InChI is InChI=1S/C13H17BrN2O3/c1-2-15-11-7-19-6-9(11)13(18)16-10-5-8(14)3-4-12(10)17/h3-5,9,11,15,17H,2,6-7H2,1H3,(H,16,18). The Morgan fingerprint density at radius 3 is 3.05 bits per heavy atom. The minimum Gasteiger partial charge on any atom is -0.506 e. The molecule has 0 aliphatic carbocycles. The van der Waals surface area contributed by atoms with E-state index in [2.05, 4.69) is 26.6 Å². The molecule has 1 aromatic rings. The number of amides is 1. The van der Waals surface area contributed by atoms with E-state index in [1.165, 1.54) is 6.07 Å². The predicted molar refractivity (Wildman–Crippen MR) is 76.2 cm³/mol. The van der Waals surface area contributed by atoms with E-state index < -0.39 is 0 Å². The van der Waals surface area contributed by atoms with E-state index in [0.717, 1.165) is 11.0 Å². The number of carbonyl (C=O) groups is 1. The molecule has 0 saturated carbocycles. The van der Waals surface area contributed by atoms with E-state index in [4.69, 9.17) is 4.74 Å². The largest absolute Gasteiger partial charge is 0.506 e. The molecular weight excluding hydrogens is 312 g/mol. The van der Waals surface area contributed by atoms with Crippen LogP contribution in [0.25, 0.3) is 0 Å². The zero-order valence-electron chi connectivity index (χ0n) is 10.6. The molecule has 1 aromatic carbocycles. The lowest BCUT2D eigenvalue weighted by molar-refractivity contribution is -0.120. The molecule has 2 rings (SSSR count). The number of anilines is 1. The van der Waals surface area contributed by atoms with Gasteiger partial charge in [0.2, 0.25) is 5.91 Å². The molecule has 0 radical (unpaired) electrons. The van der Waals surface area contributed by atoms with Crippen molar-refractivity contribution in [3.8, 4) is 5.75 Å². The molecule has 1 heterocycles. The van der Waals surface area contributed by atoms with E-state index in [1.807, 2.05) is 6.92 Å². The normalized spacial score (nSPS) is 22.4. The first-order chi connectivity index (χ1) is 9.11. The van der Waals surface area contributed by atoms with Crippen LogP contribution in [-0.2, 0) is 9.53 Å². The lowest BCUT2D eigenvalue weighted by Crippen LogP contribution is -2.41. The molecule has 1 saturated heterocycles. The Bertz CT molecular complexity index is 467. The van der Waals surface area contributed by atoms with E-state index in [1.54, 1.807) is 12.1 Å². The number of carbonyl (C=O) groups excluding carboxylic acids is 1. The first-order valence-electron chi connectivity index (χ1n) is 6.22. The highest BCUT2D eigenvalue weighted by Crippen LogP contribution is 2.28. The molecular formula is C13H17BrN2O3. The Morgan fingerprint density at radius 2 is 2.32 bits per heavy atom. The van der Waals surface area contributed by atoms with Crippen molar-refractivity contribution < 1.29 is 14.6 Å². The number of phenols is 1. The molecule has 1 fully saturated rings. The molecule has 1 amide bonds. The van der Waals surface area contributed by atoms with E-state index in [0.29, 0.717) is 18.9 Å². The van der Waals surface area contributed by atoms with Gasteiger partial charge in [-0.2, -0.15) is 0 Å². The third-order valence-electron chi connectivity index (χ3n) is 3.10. The summed E-state index contributed by atoms with van der Waals surface area (Å²) in [6.07, 6.45) is 0. The zero-order chi connectivity index (χ0) is 13.8. The second-order valence-electron chi connectivity index (χ2n) is 4.46. The van der Waals surface area contributed by atoms with E-state index in [-0.39, 0.29) is 23.6 Å². The minimum absolute atomic E-state index is 0.0271. The Morgan fingerprint density at radius 1 is 1.53 bits per heavy atom. The van der Waals surface area contributed by atoms with Gasteiger partial charge in [0.25, 0.3) is 0 Å². The third-order valence-corrected chi connectivity index (χ3v) is 3.59. The number of ether oxygens (including phenoxy) is 1. The van der Waals surface area contributed by atoms with Crippen LogP contribution in [0.1, 0.15) is 6.92 Å². The first-order valence-corrected chi connectivity index (χ1v) is 7.01. The number of hydrogen-bond donors (Lipinski definition) is 3. The second-order valence-corrected chi connectivity index (χ2v) is 5.37. The summed E-state index contributed by atoms with van der Waals surface area (Å²) in [5.74, 6) is -0.328. The topological polar surface area (TPSA) is 70.6 Å². The molecule has 0 spiro atoms. The number of aromatic hydroxyl groups is 1. The summed E-state index contributed by atoms with van der Waals surface area (Å²) in [5.41, 5.74) is 0.404. The second kappa shape index (κ2) is 6.36. The molecule has 6 heteroatoms. The van der Waals surface area contributed by atoms with Gasteiger partial charge < -0.3 is 20.5 Å². The van der Waals surface area contributed by atoms with Gasteiger partial charge in [-0.15, -0.1) is 0 Å². The SMILES string of the molecule is CCNC1COCC1C(=O)Nc1cc(Br)ccc1O. The van der Waals surface area contributed by atoms with Gasteiger partial charge in [0.15, 0.2) is 0 Å². The molecule has 104 valence electrons. The molecule has 3 N–H and O–H groups in total. The highest BCUT2D eigenvalue weighted by atomic mass is 79.9. The van der Waals surface area contributed by atoms with Crippen LogP contribution in [-0.4, -0.2) is 36.8 Å². The molecule has 1 aliphatic rings. The summed E-state index contributed by atoms with van der Waals surface area (Å²) < 4.78 is 6.14. The Labute approximate surface area is 120 Å². The number of halogens is 1. The fourth-order valence-corrected chi connectivity index (χ4v) is 2.47. The van der Waals surface area contributed by atoms with E-state index >= 15 is 0 Å². The summed E-state index contributed by atoms with van der Waals surface area (Å²) in [4.78, 5) is 12.2. The fourth-order valence-electron chi connectivity index (χ4n) is 2.11. The number of likely N-dealkylation sites (N-methyl/N-ethyl adjacent to an activating group) is 1. The highest BCUT2D eigenvalue weighted by molar-refractivity contribution is 9.10. The average molecular weight is 329 g/mol. The van der Waals surface area contributed by atoms with Crippen molar-refractivity contribution in [2.45, 2.75) is 13.0 Å². The van der Waals surface area contributed by atoms with Crippen molar-refractivity contribution in [2.75, 3.05) is 25.1 Å². The lowest BCUT2D eigenvalue weighted by atomic mass is 10.0. The molecule has 19 heavy (non-hydrogen) atoms. The van der Waals surface area contributed by atoms with Crippen molar-refractivity contribution in [1.82, 2.24) is 5.32 Å². The van der Waals surface area contributed by atoms with E-state index in [9.17, 15) is 9.90 Å². The van der Waals surface area contributed by atoms with Gasteiger partial charge in [0.05, 0.1) is 24.8 Å². The Kier molecular flexibility index (Phi) is 4.79. The molecule has 5 nitrogen and oxygen atoms in total. The van der Waals surface area contributed by atoms with Crippen LogP contribution in [0.3, 0.4) is 0 Å². The maximum Gasteiger partial charge on any atom is 0.231 e. The first kappa shape index (κ1) is 14.3. The van der Waals surface area contributed by atoms with Crippen molar-refractivity contribution in [1.29, 1.82) is 0 Å². The van der Waals surface area contributed by atoms with Crippen LogP contribution in [0, 0.1) is 5.92 Å². The maximum atomic E-state index is 12.2. The van der Waals surface area contributed by atoms with Crippen molar-refractivity contribution in [3.05, 3.63) is 22.7 Å². The van der Waals surface area contributed by atoms with Gasteiger partial charge in [-0.25, -0.2) is 0 Å². The van der Waals surface area contributed by atoms with Gasteiger partial charge in [0.1, 0.15) is 5.75 Å². The van der Waals surface area contributed by atoms with Crippen molar-refractivity contribution in [2.24, 2.45) is 5.92 Å². The number of benzene rings is 1. The van der Waals surface area contributed by atoms with Crippen molar-refractivity contribution in [3.63, 3.8) is 0 Å². The zero-order valence-corrected chi connectivity index (χ0v) is 12.2. The molecule has 0 aromatic heterocycles. The van der Waals surface area contributed by atoms with Crippen LogP contribution >= 0.6 is 15.9 Å². The molecule has 2 unspecified atom stereocenters. The Hall–Kier alpha value is -1.11. The van der Waals surface area contributed by atoms with Gasteiger partial charge in [-0.1, -0.05) is 22.9 Å². The van der Waals surface area contributed by atoms with Gasteiger partial charge in [0, 0.05) is 10.5 Å². The summed E-state index contributed by atoms with van der Waals surface area (Å²) in [5, 5.41) is 15.7. The quantitative estimate of drug-likeness (QED) is 0.736. The summed E-state index contributed by atoms with van der Waals surface area (Å²) in [6.45, 7) is 3.72. The number of rotatable bonds is 4. The summed E-state index contributed by atoms with van der Waals surface area (Å²) >= 11 is 3.31. The third kappa shape index (κ3) is 3.46. The average Bonchev–Trinajstić information content (AvgIpc) is 2.82. The van der Waals surface area contributed by atoms with Crippen LogP contribution in [0.2, 0.25) is 0 Å². The Balaban J connectivity index is 2.06. The smallest absolute Gasteiger partial charge is 0.231 e. The van der Waals surface area contributed by atoms with Crippen LogP contribution in [0.15, 0.2) is 22.7 Å². The van der Waals surface area contributed by atoms with Gasteiger partial charge in [-0.3, -0.25) is 4.79 Å². The van der Waals surface area contributed by atoms with Gasteiger partial charge in [-0.05, 0) is 24.7 Å². The number of hydrogen-bond acceptors (Lipinski definition) is 4. The summed E-state index contributed by atoms with van der Waals surface area (Å²) in [6, 6.07) is 4.95. The highest BCUT2D eigenvalue weighted by Gasteiger charge is 2.33. The van der Waals surface area contributed by atoms with Crippen LogP contribution < -0.4 is 10.6 Å². The minimum atomic E-state index is -0.238. The maximum absolute atomic E-state index is 12.2. The lowest BCUT2D eigenvalue weighted by Gasteiger charge is -2.18. The number of nitrogens with one attached hydrogen (secondary N) is 2. The molecule has 2 atom stereocenters. The molecule has 1 aliphatic heterocycles. The van der Waals surface area contributed by atoms with Crippen LogP contribution in [0.5, 0.6) is 5.75 Å².